The summed E-state index contributed by atoms with van der Waals surface area (Å²) in [4.78, 5) is 13.1. The molecule has 0 radical (unpaired) electrons. The highest BCUT2D eigenvalue weighted by Crippen LogP contribution is 2.17. The molecule has 12 heavy (non-hydrogen) atoms. The summed E-state index contributed by atoms with van der Waals surface area (Å²) in [6.07, 6.45) is 0. The summed E-state index contributed by atoms with van der Waals surface area (Å²) < 4.78 is 5.51. The Morgan fingerprint density at radius 2 is 2.50 bits per heavy atom. The monoisotopic (exact) mass is 233 g/mol. The van der Waals surface area contributed by atoms with Gasteiger partial charge in [-0.3, -0.25) is 0 Å². The summed E-state index contributed by atoms with van der Waals surface area (Å²) in [6.45, 7) is 0.393. The molecular formula is C7H8BrNO3. The normalized spacial score (nSPS) is 10.2. The number of nitrogens with one attached hydrogen (secondary N) is 1. The molecule has 0 atom stereocenters. The van der Waals surface area contributed by atoms with Crippen molar-refractivity contribution in [1.82, 2.24) is 4.98 Å². The van der Waals surface area contributed by atoms with E-state index in [4.69, 9.17) is 9.84 Å². The van der Waals surface area contributed by atoms with Crippen molar-refractivity contribution in [3.63, 3.8) is 0 Å². The first-order chi connectivity index (χ1) is 5.65. The van der Waals surface area contributed by atoms with Crippen LogP contribution in [0.4, 0.5) is 0 Å². The Morgan fingerprint density at radius 3 is 2.92 bits per heavy atom. The highest BCUT2D eigenvalue weighted by molar-refractivity contribution is 9.10. The van der Waals surface area contributed by atoms with Crippen molar-refractivity contribution in [2.75, 3.05) is 7.11 Å². The molecule has 1 aromatic rings. The lowest BCUT2D eigenvalue weighted by atomic mass is 10.3. The molecule has 0 spiro atoms. The van der Waals surface area contributed by atoms with Gasteiger partial charge in [-0.1, -0.05) is 0 Å². The molecule has 1 heterocycles. The van der Waals surface area contributed by atoms with E-state index in [1.54, 1.807) is 7.11 Å². The number of rotatable bonds is 3. The average molecular weight is 234 g/mol. The topological polar surface area (TPSA) is 62.3 Å². The van der Waals surface area contributed by atoms with Gasteiger partial charge < -0.3 is 14.8 Å². The van der Waals surface area contributed by atoms with Crippen molar-refractivity contribution in [3.05, 3.63) is 21.9 Å². The number of carbonyl (C=O) groups is 1. The fraction of sp³-hybridized carbons (Fsp3) is 0.286. The second-order valence-electron chi connectivity index (χ2n) is 2.26. The van der Waals surface area contributed by atoms with Crippen LogP contribution < -0.4 is 0 Å². The predicted octanol–water partition coefficient (Wildman–Crippen LogP) is 1.62. The highest BCUT2D eigenvalue weighted by atomic mass is 79.9. The Morgan fingerprint density at radius 1 is 1.83 bits per heavy atom. The number of aromatic carboxylic acids is 1. The van der Waals surface area contributed by atoms with Gasteiger partial charge in [0.1, 0.15) is 5.69 Å². The lowest BCUT2D eigenvalue weighted by molar-refractivity contribution is 0.0691. The number of H-pyrrole nitrogens is 1. The van der Waals surface area contributed by atoms with Crippen molar-refractivity contribution < 1.29 is 14.6 Å². The quantitative estimate of drug-likeness (QED) is 0.835. The zero-order chi connectivity index (χ0) is 9.14. The maximum atomic E-state index is 10.5. The lowest BCUT2D eigenvalue weighted by Crippen LogP contribution is -1.94. The molecule has 0 fully saturated rings. The minimum Gasteiger partial charge on any atom is -0.477 e. The zero-order valence-corrected chi connectivity index (χ0v) is 8.01. The van der Waals surface area contributed by atoms with E-state index in [9.17, 15) is 4.79 Å². The Hall–Kier alpha value is -0.810. The molecule has 0 aliphatic rings. The molecular weight excluding hydrogens is 226 g/mol. The van der Waals surface area contributed by atoms with Gasteiger partial charge in [0, 0.05) is 12.7 Å². The third-order valence-electron chi connectivity index (χ3n) is 1.38. The Bertz CT molecular complexity index is 295. The number of aromatic nitrogens is 1. The number of methoxy groups -OCH3 is 1. The van der Waals surface area contributed by atoms with Crippen molar-refractivity contribution in [2.24, 2.45) is 0 Å². The standard InChI is InChI=1S/C7H8BrNO3/c1-12-3-4-2-5(7(10)11)9-6(4)8/h2,9H,3H2,1H3,(H,10,11). The first-order valence-corrected chi connectivity index (χ1v) is 4.04. The van der Waals surface area contributed by atoms with Crippen molar-refractivity contribution >= 4 is 21.9 Å². The Labute approximate surface area is 77.7 Å². The SMILES string of the molecule is COCc1cc(C(=O)O)[nH]c1Br. The first kappa shape index (κ1) is 9.28. The van der Waals surface area contributed by atoms with Gasteiger partial charge in [0.05, 0.1) is 11.2 Å². The van der Waals surface area contributed by atoms with Crippen molar-refractivity contribution in [1.29, 1.82) is 0 Å². The van der Waals surface area contributed by atoms with E-state index in [-0.39, 0.29) is 5.69 Å². The smallest absolute Gasteiger partial charge is 0.352 e. The minimum atomic E-state index is -0.974. The van der Waals surface area contributed by atoms with Gasteiger partial charge in [-0.15, -0.1) is 0 Å². The maximum absolute atomic E-state index is 10.5. The number of hydrogen-bond donors (Lipinski definition) is 2. The van der Waals surface area contributed by atoms with Gasteiger partial charge in [0.15, 0.2) is 0 Å². The molecule has 5 heteroatoms. The molecule has 0 unspecified atom stereocenters. The summed E-state index contributed by atoms with van der Waals surface area (Å²) in [6, 6.07) is 1.54. The van der Waals surface area contributed by atoms with E-state index >= 15 is 0 Å². The van der Waals surface area contributed by atoms with Crippen molar-refractivity contribution in [2.45, 2.75) is 6.61 Å². The third-order valence-corrected chi connectivity index (χ3v) is 2.08. The largest absolute Gasteiger partial charge is 0.477 e. The number of carboxylic acid groups (broad SMARTS) is 1. The molecule has 0 aliphatic heterocycles. The third kappa shape index (κ3) is 1.86. The van der Waals surface area contributed by atoms with Crippen LogP contribution in [-0.2, 0) is 11.3 Å². The predicted molar refractivity (Wildman–Crippen MR) is 46.2 cm³/mol. The van der Waals surface area contributed by atoms with Crippen LogP contribution in [0, 0.1) is 0 Å². The summed E-state index contributed by atoms with van der Waals surface area (Å²) in [5, 5.41) is 8.60. The van der Waals surface area contributed by atoms with Gasteiger partial charge in [-0.25, -0.2) is 4.79 Å². The minimum absolute atomic E-state index is 0.161. The number of aromatic amines is 1. The van der Waals surface area contributed by atoms with Crippen LogP contribution in [0.3, 0.4) is 0 Å². The first-order valence-electron chi connectivity index (χ1n) is 3.24. The fourth-order valence-electron chi connectivity index (χ4n) is 0.848. The van der Waals surface area contributed by atoms with E-state index in [0.717, 1.165) is 5.56 Å². The van der Waals surface area contributed by atoms with Crippen LogP contribution in [0.2, 0.25) is 0 Å². The molecule has 2 N–H and O–H groups in total. The van der Waals surface area contributed by atoms with Crippen molar-refractivity contribution in [3.8, 4) is 0 Å². The second kappa shape index (κ2) is 3.73. The molecule has 1 rings (SSSR count). The second-order valence-corrected chi connectivity index (χ2v) is 3.05. The van der Waals surface area contributed by atoms with Crippen LogP contribution in [0.15, 0.2) is 10.7 Å². The van der Waals surface area contributed by atoms with E-state index in [0.29, 0.717) is 11.2 Å². The van der Waals surface area contributed by atoms with Crippen LogP contribution in [-0.4, -0.2) is 23.2 Å². The van der Waals surface area contributed by atoms with Gasteiger partial charge in [0.2, 0.25) is 0 Å². The molecule has 66 valence electrons. The number of hydrogen-bond acceptors (Lipinski definition) is 2. The number of carboxylic acids is 1. The van der Waals surface area contributed by atoms with Crippen LogP contribution >= 0.6 is 15.9 Å². The summed E-state index contributed by atoms with van der Waals surface area (Å²) in [5.74, 6) is -0.974. The van der Waals surface area contributed by atoms with E-state index in [2.05, 4.69) is 20.9 Å². The summed E-state index contributed by atoms with van der Waals surface area (Å²) in [5.41, 5.74) is 0.962. The molecule has 0 aromatic carbocycles. The number of ether oxygens (including phenoxy) is 1. The summed E-state index contributed by atoms with van der Waals surface area (Å²) in [7, 11) is 1.56. The zero-order valence-electron chi connectivity index (χ0n) is 6.43. The Kier molecular flexibility index (Phi) is 2.88. The average Bonchev–Trinajstić information content (AvgIpc) is 2.34. The molecule has 0 aliphatic carbocycles. The molecule has 0 saturated heterocycles. The van der Waals surface area contributed by atoms with E-state index in [1.165, 1.54) is 6.07 Å². The van der Waals surface area contributed by atoms with E-state index < -0.39 is 5.97 Å². The molecule has 4 nitrogen and oxygen atoms in total. The molecule has 0 bridgehead atoms. The highest BCUT2D eigenvalue weighted by Gasteiger charge is 2.09. The van der Waals surface area contributed by atoms with Crippen LogP contribution in [0.1, 0.15) is 16.1 Å². The van der Waals surface area contributed by atoms with Crippen LogP contribution in [0.25, 0.3) is 0 Å². The van der Waals surface area contributed by atoms with E-state index in [1.807, 2.05) is 0 Å². The van der Waals surface area contributed by atoms with Gasteiger partial charge in [-0.2, -0.15) is 0 Å². The maximum Gasteiger partial charge on any atom is 0.352 e. The number of halogens is 1. The van der Waals surface area contributed by atoms with Gasteiger partial charge in [-0.05, 0) is 22.0 Å². The van der Waals surface area contributed by atoms with Gasteiger partial charge >= 0.3 is 5.97 Å². The fourth-order valence-corrected chi connectivity index (χ4v) is 1.29. The van der Waals surface area contributed by atoms with Gasteiger partial charge in [0.25, 0.3) is 0 Å². The molecule has 0 amide bonds. The Balaban J connectivity index is 2.92. The molecule has 0 saturated carbocycles. The molecule has 1 aromatic heterocycles. The summed E-state index contributed by atoms with van der Waals surface area (Å²) >= 11 is 3.19. The van der Waals surface area contributed by atoms with Crippen LogP contribution in [0.5, 0.6) is 0 Å². The lowest BCUT2D eigenvalue weighted by Gasteiger charge is -1.93.